The predicted molar refractivity (Wildman–Crippen MR) is 95.1 cm³/mol. The quantitative estimate of drug-likeness (QED) is 0.904. The van der Waals surface area contributed by atoms with E-state index in [0.29, 0.717) is 38.1 Å². The monoisotopic (exact) mass is 344 g/mol. The maximum atomic E-state index is 12.2. The number of hydrazone groups is 1. The highest BCUT2D eigenvalue weighted by Gasteiger charge is 2.23. The third-order valence-corrected chi connectivity index (χ3v) is 4.97. The molecule has 0 atom stereocenters. The molecule has 6 nitrogen and oxygen atoms in total. The first kappa shape index (κ1) is 16.6. The zero-order chi connectivity index (χ0) is 17.1. The molecule has 126 valence electrons. The molecule has 1 aromatic carbocycles. The molecule has 0 saturated heterocycles. The number of benzene rings is 1. The SMILES string of the molecule is CCN1N=C(C(=O)NCCc2nc3cc(C)ccc3s2)CCC1=O. The number of carbonyl (C=O) groups excluding carboxylic acids is 2. The fourth-order valence-corrected chi connectivity index (χ4v) is 3.54. The second-order valence-corrected chi connectivity index (χ2v) is 6.86. The number of thiazole rings is 1. The lowest BCUT2D eigenvalue weighted by Crippen LogP contribution is -2.39. The standard InChI is InChI=1S/C17H20N4O2S/c1-3-21-16(22)7-5-12(20-21)17(23)18-9-8-15-19-13-10-11(2)4-6-14(13)24-15/h4,6,10H,3,5,7-9H2,1-2H3,(H,18,23). The topological polar surface area (TPSA) is 74.7 Å². The van der Waals surface area contributed by atoms with Crippen LogP contribution in [0.5, 0.6) is 0 Å². The molecular weight excluding hydrogens is 324 g/mol. The molecule has 3 rings (SSSR count). The molecule has 0 bridgehead atoms. The van der Waals surface area contributed by atoms with Crippen molar-refractivity contribution >= 4 is 39.1 Å². The van der Waals surface area contributed by atoms with E-state index in [-0.39, 0.29) is 11.8 Å². The number of nitrogens with zero attached hydrogens (tertiary/aromatic N) is 3. The van der Waals surface area contributed by atoms with Gasteiger partial charge in [0.2, 0.25) is 5.91 Å². The van der Waals surface area contributed by atoms with Gasteiger partial charge in [-0.15, -0.1) is 11.3 Å². The second-order valence-electron chi connectivity index (χ2n) is 5.74. The Balaban J connectivity index is 1.57. The van der Waals surface area contributed by atoms with Crippen LogP contribution in [-0.4, -0.2) is 40.6 Å². The first-order valence-electron chi connectivity index (χ1n) is 8.09. The minimum absolute atomic E-state index is 0.0289. The molecule has 24 heavy (non-hydrogen) atoms. The van der Waals surface area contributed by atoms with Gasteiger partial charge in [0.25, 0.3) is 5.91 Å². The maximum absolute atomic E-state index is 12.2. The Morgan fingerprint density at radius 1 is 1.38 bits per heavy atom. The van der Waals surface area contributed by atoms with E-state index in [2.05, 4.69) is 33.6 Å². The number of hydrogen-bond donors (Lipinski definition) is 1. The zero-order valence-corrected chi connectivity index (χ0v) is 14.7. The van der Waals surface area contributed by atoms with Crippen molar-refractivity contribution in [3.63, 3.8) is 0 Å². The number of carbonyl (C=O) groups is 2. The van der Waals surface area contributed by atoms with E-state index in [0.717, 1.165) is 15.2 Å². The Kier molecular flexibility index (Phi) is 4.89. The molecule has 0 radical (unpaired) electrons. The Bertz CT molecular complexity index is 812. The van der Waals surface area contributed by atoms with E-state index in [1.54, 1.807) is 11.3 Å². The van der Waals surface area contributed by atoms with E-state index >= 15 is 0 Å². The van der Waals surface area contributed by atoms with Crippen molar-refractivity contribution in [2.45, 2.75) is 33.1 Å². The zero-order valence-electron chi connectivity index (χ0n) is 13.8. The third kappa shape index (κ3) is 3.62. The highest BCUT2D eigenvalue weighted by molar-refractivity contribution is 7.18. The summed E-state index contributed by atoms with van der Waals surface area (Å²) in [5, 5.41) is 9.36. The van der Waals surface area contributed by atoms with Crippen LogP contribution in [0.25, 0.3) is 10.2 Å². The van der Waals surface area contributed by atoms with Crippen molar-refractivity contribution < 1.29 is 9.59 Å². The number of aromatic nitrogens is 1. The van der Waals surface area contributed by atoms with Crippen LogP contribution in [0, 0.1) is 6.92 Å². The molecule has 0 aliphatic carbocycles. The minimum atomic E-state index is -0.196. The Labute approximate surface area is 144 Å². The summed E-state index contributed by atoms with van der Waals surface area (Å²) >= 11 is 1.65. The predicted octanol–water partition coefficient (Wildman–Crippen LogP) is 2.26. The first-order valence-corrected chi connectivity index (χ1v) is 8.90. The maximum Gasteiger partial charge on any atom is 0.267 e. The van der Waals surface area contributed by atoms with Gasteiger partial charge in [-0.25, -0.2) is 9.99 Å². The van der Waals surface area contributed by atoms with Crippen molar-refractivity contribution in [2.24, 2.45) is 5.10 Å². The van der Waals surface area contributed by atoms with Crippen LogP contribution >= 0.6 is 11.3 Å². The summed E-state index contributed by atoms with van der Waals surface area (Å²) in [5.74, 6) is -0.225. The van der Waals surface area contributed by atoms with Crippen LogP contribution in [0.2, 0.25) is 0 Å². The van der Waals surface area contributed by atoms with Crippen molar-refractivity contribution in [3.05, 3.63) is 28.8 Å². The van der Waals surface area contributed by atoms with Crippen LogP contribution in [0.3, 0.4) is 0 Å². The molecule has 1 aromatic heterocycles. The van der Waals surface area contributed by atoms with Gasteiger partial charge in [-0.3, -0.25) is 9.59 Å². The molecule has 0 unspecified atom stereocenters. The fraction of sp³-hybridized carbons (Fsp3) is 0.412. The summed E-state index contributed by atoms with van der Waals surface area (Å²) in [5.41, 5.74) is 2.63. The van der Waals surface area contributed by atoms with Crippen LogP contribution in [0.4, 0.5) is 0 Å². The van der Waals surface area contributed by atoms with Crippen molar-refractivity contribution in [1.29, 1.82) is 0 Å². The van der Waals surface area contributed by atoms with Gasteiger partial charge in [0, 0.05) is 32.4 Å². The Morgan fingerprint density at radius 3 is 3.00 bits per heavy atom. The number of aryl methyl sites for hydroxylation is 1. The highest BCUT2D eigenvalue weighted by atomic mass is 32.1. The molecule has 7 heteroatoms. The Hall–Kier alpha value is -2.28. The highest BCUT2D eigenvalue weighted by Crippen LogP contribution is 2.23. The van der Waals surface area contributed by atoms with Gasteiger partial charge in [-0.1, -0.05) is 6.07 Å². The summed E-state index contributed by atoms with van der Waals surface area (Å²) in [6, 6.07) is 6.23. The Morgan fingerprint density at radius 2 is 2.21 bits per heavy atom. The number of hydrogen-bond acceptors (Lipinski definition) is 5. The van der Waals surface area contributed by atoms with Gasteiger partial charge < -0.3 is 5.32 Å². The van der Waals surface area contributed by atoms with Crippen LogP contribution < -0.4 is 5.32 Å². The van der Waals surface area contributed by atoms with Gasteiger partial charge in [0.15, 0.2) is 0 Å². The summed E-state index contributed by atoms with van der Waals surface area (Å²) in [6.45, 7) is 4.89. The van der Waals surface area contributed by atoms with Crippen molar-refractivity contribution in [3.8, 4) is 0 Å². The molecule has 0 saturated carbocycles. The molecule has 0 spiro atoms. The molecule has 2 aromatic rings. The number of fused-ring (bicyclic) bond motifs is 1. The van der Waals surface area contributed by atoms with Crippen molar-refractivity contribution in [1.82, 2.24) is 15.3 Å². The normalized spacial score (nSPS) is 14.8. The first-order chi connectivity index (χ1) is 11.6. The van der Waals surface area contributed by atoms with Crippen LogP contribution in [0.15, 0.2) is 23.3 Å². The molecule has 1 aliphatic heterocycles. The molecule has 1 aliphatic rings. The number of rotatable bonds is 5. The van der Waals surface area contributed by atoms with E-state index in [1.807, 2.05) is 13.8 Å². The number of nitrogens with one attached hydrogen (secondary N) is 1. The summed E-state index contributed by atoms with van der Waals surface area (Å²) < 4.78 is 1.16. The van der Waals surface area contributed by atoms with Crippen LogP contribution in [-0.2, 0) is 16.0 Å². The molecule has 0 fully saturated rings. The molecule has 2 heterocycles. The van der Waals surface area contributed by atoms with E-state index in [1.165, 1.54) is 10.6 Å². The smallest absolute Gasteiger partial charge is 0.267 e. The average molecular weight is 344 g/mol. The lowest BCUT2D eigenvalue weighted by molar-refractivity contribution is -0.131. The van der Waals surface area contributed by atoms with E-state index in [4.69, 9.17) is 0 Å². The number of amides is 2. The van der Waals surface area contributed by atoms with Gasteiger partial charge in [0.1, 0.15) is 5.71 Å². The lowest BCUT2D eigenvalue weighted by atomic mass is 10.1. The van der Waals surface area contributed by atoms with Crippen LogP contribution in [0.1, 0.15) is 30.3 Å². The average Bonchev–Trinajstić information content (AvgIpc) is 2.96. The second kappa shape index (κ2) is 7.09. The van der Waals surface area contributed by atoms with Crippen molar-refractivity contribution in [2.75, 3.05) is 13.1 Å². The van der Waals surface area contributed by atoms with Gasteiger partial charge in [0.05, 0.1) is 15.2 Å². The largest absolute Gasteiger partial charge is 0.351 e. The van der Waals surface area contributed by atoms with Gasteiger partial charge in [-0.05, 0) is 31.5 Å². The molecular formula is C17H20N4O2S. The molecule has 2 amide bonds. The summed E-state index contributed by atoms with van der Waals surface area (Å²) in [6.07, 6.45) is 1.44. The summed E-state index contributed by atoms with van der Waals surface area (Å²) in [7, 11) is 0. The van der Waals surface area contributed by atoms with E-state index < -0.39 is 0 Å². The summed E-state index contributed by atoms with van der Waals surface area (Å²) in [4.78, 5) is 28.4. The van der Waals surface area contributed by atoms with E-state index in [9.17, 15) is 9.59 Å². The van der Waals surface area contributed by atoms with Gasteiger partial charge in [-0.2, -0.15) is 5.10 Å². The van der Waals surface area contributed by atoms with Gasteiger partial charge >= 0.3 is 0 Å². The fourth-order valence-electron chi connectivity index (χ4n) is 2.59. The molecule has 1 N–H and O–H groups in total. The lowest BCUT2D eigenvalue weighted by Gasteiger charge is -2.21. The third-order valence-electron chi connectivity index (χ3n) is 3.88. The minimum Gasteiger partial charge on any atom is -0.351 e.